The number of nitrogens with zero attached hydrogens (tertiary/aromatic N) is 3. The molecule has 1 fully saturated rings. The summed E-state index contributed by atoms with van der Waals surface area (Å²) < 4.78 is 7.47. The van der Waals surface area contributed by atoms with E-state index in [-0.39, 0.29) is 5.78 Å². The highest BCUT2D eigenvalue weighted by Gasteiger charge is 2.30. The third kappa shape index (κ3) is 3.87. The van der Waals surface area contributed by atoms with Gasteiger partial charge in [-0.25, -0.2) is 0 Å². The summed E-state index contributed by atoms with van der Waals surface area (Å²) in [5, 5.41) is 9.34. The van der Waals surface area contributed by atoms with Crippen LogP contribution in [0.2, 0.25) is 0 Å². The zero-order valence-electron chi connectivity index (χ0n) is 13.8. The van der Waals surface area contributed by atoms with E-state index in [1.807, 2.05) is 25.1 Å². The first-order valence-electron chi connectivity index (χ1n) is 8.15. The van der Waals surface area contributed by atoms with E-state index in [2.05, 4.69) is 21.3 Å². The van der Waals surface area contributed by atoms with Crippen LogP contribution in [0, 0.1) is 0 Å². The molecule has 0 atom stereocenters. The zero-order chi connectivity index (χ0) is 16.9. The van der Waals surface area contributed by atoms with Gasteiger partial charge in [-0.3, -0.25) is 4.79 Å². The smallest absolute Gasteiger partial charge is 0.191 e. The van der Waals surface area contributed by atoms with E-state index in [9.17, 15) is 4.79 Å². The van der Waals surface area contributed by atoms with Gasteiger partial charge in [0.05, 0.1) is 12.4 Å². The normalized spacial score (nSPS) is 13.7. The van der Waals surface area contributed by atoms with Gasteiger partial charge in [0.2, 0.25) is 0 Å². The van der Waals surface area contributed by atoms with Crippen LogP contribution in [0.1, 0.15) is 41.9 Å². The third-order valence-corrected chi connectivity index (χ3v) is 4.79. The van der Waals surface area contributed by atoms with Crippen LogP contribution < -0.4 is 4.74 Å². The maximum absolute atomic E-state index is 12.4. The van der Waals surface area contributed by atoms with Crippen LogP contribution in [0.15, 0.2) is 42.1 Å². The number of carbonyl (C=O) groups excluding carboxylic acids is 1. The minimum Gasteiger partial charge on any atom is -0.494 e. The first-order chi connectivity index (χ1) is 11.7. The molecule has 0 saturated heterocycles. The molecule has 0 spiro atoms. The molecule has 1 saturated carbocycles. The average molecular weight is 343 g/mol. The molecule has 1 heterocycles. The van der Waals surface area contributed by atoms with Gasteiger partial charge in [-0.2, -0.15) is 0 Å². The molecule has 0 unspecified atom stereocenters. The summed E-state index contributed by atoms with van der Waals surface area (Å²) in [5.74, 6) is 2.73. The van der Waals surface area contributed by atoms with Crippen molar-refractivity contribution in [3.8, 4) is 5.75 Å². The monoisotopic (exact) mass is 343 g/mol. The van der Waals surface area contributed by atoms with E-state index < -0.39 is 0 Å². The number of allylic oxidation sites excluding steroid dienone is 1. The van der Waals surface area contributed by atoms with Gasteiger partial charge in [0.1, 0.15) is 11.6 Å². The number of aromatic nitrogens is 3. The molecular formula is C18H21N3O2S. The Balaban J connectivity index is 1.64. The highest BCUT2D eigenvalue weighted by Crippen LogP contribution is 2.40. The lowest BCUT2D eigenvalue weighted by atomic mass is 10.1. The summed E-state index contributed by atoms with van der Waals surface area (Å²) in [6, 6.07) is 7.26. The van der Waals surface area contributed by atoms with E-state index in [1.54, 1.807) is 12.1 Å². The number of Topliss-reactive ketones (excluding diaryl/α,β-unsaturated/α-hetero) is 1. The lowest BCUT2D eigenvalue weighted by Gasteiger charge is -2.07. The van der Waals surface area contributed by atoms with Gasteiger partial charge in [0.15, 0.2) is 10.9 Å². The van der Waals surface area contributed by atoms with E-state index >= 15 is 0 Å². The Labute approximate surface area is 146 Å². The second kappa shape index (κ2) is 7.66. The third-order valence-electron chi connectivity index (χ3n) is 3.82. The minimum absolute atomic E-state index is 0.0733. The lowest BCUT2D eigenvalue weighted by Crippen LogP contribution is -2.06. The minimum atomic E-state index is 0.0733. The number of benzene rings is 1. The van der Waals surface area contributed by atoms with Crippen LogP contribution in [-0.2, 0) is 6.54 Å². The quantitative estimate of drug-likeness (QED) is 0.395. The molecule has 2 aromatic rings. The average Bonchev–Trinajstić information content (AvgIpc) is 3.36. The second-order valence-electron chi connectivity index (χ2n) is 5.68. The Kier molecular flexibility index (Phi) is 5.35. The number of hydrogen-bond donors (Lipinski definition) is 0. The van der Waals surface area contributed by atoms with Gasteiger partial charge in [-0.1, -0.05) is 17.8 Å². The molecule has 3 rings (SSSR count). The molecule has 126 valence electrons. The molecule has 24 heavy (non-hydrogen) atoms. The highest BCUT2D eigenvalue weighted by atomic mass is 32.2. The molecule has 0 aliphatic heterocycles. The van der Waals surface area contributed by atoms with E-state index in [0.29, 0.717) is 30.4 Å². The Morgan fingerprint density at radius 3 is 2.75 bits per heavy atom. The van der Waals surface area contributed by atoms with Crippen LogP contribution in [-0.4, -0.2) is 32.9 Å². The summed E-state index contributed by atoms with van der Waals surface area (Å²) >= 11 is 1.43. The SMILES string of the molecule is C=CCn1c(SCC(=O)c2ccc(OCC)cc2)nnc1C1CC1. The van der Waals surface area contributed by atoms with Crippen LogP contribution in [0.5, 0.6) is 5.75 Å². The van der Waals surface area contributed by atoms with Gasteiger partial charge in [0.25, 0.3) is 0 Å². The predicted octanol–water partition coefficient (Wildman–Crippen LogP) is 3.72. The van der Waals surface area contributed by atoms with Crippen molar-refractivity contribution in [2.45, 2.75) is 37.4 Å². The summed E-state index contributed by atoms with van der Waals surface area (Å²) in [6.07, 6.45) is 4.18. The van der Waals surface area contributed by atoms with Crippen molar-refractivity contribution >= 4 is 17.5 Å². The van der Waals surface area contributed by atoms with Crippen molar-refractivity contribution in [1.82, 2.24) is 14.8 Å². The fraction of sp³-hybridized carbons (Fsp3) is 0.389. The number of hydrogen-bond acceptors (Lipinski definition) is 5. The molecule has 1 aromatic heterocycles. The standard InChI is InChI=1S/C18H21N3O2S/c1-3-11-21-17(14-5-6-14)19-20-18(21)24-12-16(22)13-7-9-15(10-8-13)23-4-2/h3,7-10,14H,1,4-6,11-12H2,2H3. The fourth-order valence-corrected chi connectivity index (χ4v) is 3.32. The fourth-order valence-electron chi connectivity index (χ4n) is 2.47. The molecule has 0 bridgehead atoms. The van der Waals surface area contributed by atoms with Crippen molar-refractivity contribution in [2.75, 3.05) is 12.4 Å². The number of thioether (sulfide) groups is 1. The largest absolute Gasteiger partial charge is 0.494 e. The Morgan fingerprint density at radius 1 is 1.38 bits per heavy atom. The van der Waals surface area contributed by atoms with E-state index in [1.165, 1.54) is 24.6 Å². The molecule has 1 aliphatic carbocycles. The van der Waals surface area contributed by atoms with E-state index in [0.717, 1.165) is 16.7 Å². The molecule has 0 amide bonds. The van der Waals surface area contributed by atoms with Crippen LogP contribution in [0.3, 0.4) is 0 Å². The number of carbonyl (C=O) groups is 1. The van der Waals surface area contributed by atoms with Crippen molar-refractivity contribution in [1.29, 1.82) is 0 Å². The van der Waals surface area contributed by atoms with Crippen molar-refractivity contribution in [3.05, 3.63) is 48.3 Å². The first kappa shape index (κ1) is 16.8. The number of ketones is 1. The Bertz CT molecular complexity index is 720. The summed E-state index contributed by atoms with van der Waals surface area (Å²) in [5.41, 5.74) is 0.683. The van der Waals surface area contributed by atoms with E-state index in [4.69, 9.17) is 4.74 Å². The molecule has 1 aromatic carbocycles. The molecule has 5 nitrogen and oxygen atoms in total. The second-order valence-corrected chi connectivity index (χ2v) is 6.63. The lowest BCUT2D eigenvalue weighted by molar-refractivity contribution is 0.102. The Morgan fingerprint density at radius 2 is 2.12 bits per heavy atom. The van der Waals surface area contributed by atoms with Crippen molar-refractivity contribution in [3.63, 3.8) is 0 Å². The summed E-state index contributed by atoms with van der Waals surface area (Å²) in [4.78, 5) is 12.4. The van der Waals surface area contributed by atoms with Gasteiger partial charge in [0, 0.05) is 18.0 Å². The molecular weight excluding hydrogens is 322 g/mol. The van der Waals surface area contributed by atoms with Crippen molar-refractivity contribution in [2.24, 2.45) is 0 Å². The molecule has 1 aliphatic rings. The topological polar surface area (TPSA) is 57.0 Å². The predicted molar refractivity (Wildman–Crippen MR) is 94.9 cm³/mol. The summed E-state index contributed by atoms with van der Waals surface area (Å²) in [6.45, 7) is 7.03. The highest BCUT2D eigenvalue weighted by molar-refractivity contribution is 7.99. The van der Waals surface area contributed by atoms with Crippen LogP contribution in [0.25, 0.3) is 0 Å². The van der Waals surface area contributed by atoms with Crippen molar-refractivity contribution < 1.29 is 9.53 Å². The van der Waals surface area contributed by atoms with Gasteiger partial charge < -0.3 is 9.30 Å². The number of rotatable bonds is 9. The maximum Gasteiger partial charge on any atom is 0.191 e. The molecule has 6 heteroatoms. The van der Waals surface area contributed by atoms with Gasteiger partial charge in [-0.15, -0.1) is 16.8 Å². The van der Waals surface area contributed by atoms with Crippen LogP contribution in [0.4, 0.5) is 0 Å². The summed E-state index contributed by atoms with van der Waals surface area (Å²) in [7, 11) is 0. The molecule has 0 radical (unpaired) electrons. The molecule has 0 N–H and O–H groups in total. The zero-order valence-corrected chi connectivity index (χ0v) is 14.6. The van der Waals surface area contributed by atoms with Gasteiger partial charge in [-0.05, 0) is 44.0 Å². The first-order valence-corrected chi connectivity index (χ1v) is 9.14. The van der Waals surface area contributed by atoms with Crippen LogP contribution >= 0.6 is 11.8 Å². The Hall–Kier alpha value is -2.08. The van der Waals surface area contributed by atoms with Gasteiger partial charge >= 0.3 is 0 Å². The maximum atomic E-state index is 12.4. The number of ether oxygens (including phenoxy) is 1.